The van der Waals surface area contributed by atoms with Crippen LogP contribution >= 0.6 is 0 Å². The Morgan fingerprint density at radius 1 is 0.957 bits per heavy atom. The van der Waals surface area contributed by atoms with Gasteiger partial charge in [-0.05, 0) is 71.8 Å². The molecule has 4 heterocycles. The Kier molecular flexibility index (Phi) is 9.30. The van der Waals surface area contributed by atoms with Gasteiger partial charge in [-0.1, -0.05) is 6.07 Å². The molecule has 0 aliphatic carbocycles. The summed E-state index contributed by atoms with van der Waals surface area (Å²) in [5.74, 6) is 0.765. The zero-order chi connectivity index (χ0) is 31.9. The van der Waals surface area contributed by atoms with Crippen molar-refractivity contribution in [1.29, 1.82) is 0 Å². The highest BCUT2D eigenvalue weighted by Gasteiger charge is 2.43. The van der Waals surface area contributed by atoms with Crippen LogP contribution in [-0.2, 0) is 17.9 Å². The van der Waals surface area contributed by atoms with Gasteiger partial charge in [0.05, 0.1) is 13.7 Å². The summed E-state index contributed by atoms with van der Waals surface area (Å²) in [5.41, 5.74) is 0.785. The van der Waals surface area contributed by atoms with Crippen LogP contribution in [0.25, 0.3) is 0 Å². The Bertz CT molecular complexity index is 1680. The highest BCUT2D eigenvalue weighted by Crippen LogP contribution is 2.34. The third-order valence-electron chi connectivity index (χ3n) is 8.04. The normalized spacial score (nSPS) is 17.0. The van der Waals surface area contributed by atoms with Crippen LogP contribution in [0, 0.1) is 5.82 Å². The molecule has 0 saturated carbocycles. The van der Waals surface area contributed by atoms with Crippen LogP contribution < -0.4 is 29.6 Å². The average Bonchev–Trinajstić information content (AvgIpc) is 3.07. The summed E-state index contributed by atoms with van der Waals surface area (Å²) in [7, 11) is 1.48. The van der Waals surface area contributed by atoms with Crippen LogP contribution in [0.1, 0.15) is 34.3 Å². The number of methoxy groups -OCH3 is 1. The van der Waals surface area contributed by atoms with E-state index < -0.39 is 11.4 Å². The van der Waals surface area contributed by atoms with E-state index in [4.69, 9.17) is 18.9 Å². The Morgan fingerprint density at radius 3 is 2.52 bits per heavy atom. The van der Waals surface area contributed by atoms with Gasteiger partial charge in [0.1, 0.15) is 29.7 Å². The van der Waals surface area contributed by atoms with Gasteiger partial charge < -0.3 is 29.6 Å². The first-order valence-corrected chi connectivity index (χ1v) is 15.1. The predicted octanol–water partition coefficient (Wildman–Crippen LogP) is 4.87. The molecule has 6 bridgehead atoms. The Labute approximate surface area is 266 Å². The number of amides is 2. The van der Waals surface area contributed by atoms with Crippen molar-refractivity contribution in [3.8, 4) is 28.7 Å². The first-order chi connectivity index (χ1) is 22.4. The zero-order valence-corrected chi connectivity index (χ0v) is 25.5. The number of fused-ring (bicyclic) bond motifs is 8. The van der Waals surface area contributed by atoms with Crippen LogP contribution in [0.3, 0.4) is 0 Å². The van der Waals surface area contributed by atoms with E-state index >= 15 is 0 Å². The number of nitrogens with one attached hydrogen (secondary N) is 2. The predicted molar refractivity (Wildman–Crippen MR) is 168 cm³/mol. The molecule has 2 amide bonds. The number of nitrogens with zero attached hydrogens (tertiary/aromatic N) is 2. The van der Waals surface area contributed by atoms with E-state index in [1.165, 1.54) is 25.3 Å². The smallest absolute Gasteiger partial charge is 0.264 e. The number of piperidine rings is 1. The second-order valence-electron chi connectivity index (χ2n) is 11.3. The maximum absolute atomic E-state index is 14.8. The van der Waals surface area contributed by atoms with Crippen molar-refractivity contribution in [3.05, 3.63) is 108 Å². The molecule has 0 radical (unpaired) electrons. The van der Waals surface area contributed by atoms with Gasteiger partial charge in [0, 0.05) is 63.0 Å². The molecule has 1 saturated heterocycles. The van der Waals surface area contributed by atoms with Gasteiger partial charge in [-0.25, -0.2) is 4.39 Å². The maximum Gasteiger partial charge on any atom is 0.264 e. The highest BCUT2D eigenvalue weighted by molar-refractivity contribution is 5.95. The van der Waals surface area contributed by atoms with E-state index in [-0.39, 0.29) is 43.0 Å². The molecule has 238 valence electrons. The SMILES string of the molecule is COc1ccc2cc1Oc1cc(F)cc(c1)CNC(=O)C1(CCN(Cc3cccnc3)CC1)Oc1ccc(cc1)OCCNC2=O. The molecule has 11 heteroatoms. The molecular weight excluding hydrogens is 591 g/mol. The maximum atomic E-state index is 14.8. The molecule has 46 heavy (non-hydrogen) atoms. The monoisotopic (exact) mass is 626 g/mol. The summed E-state index contributed by atoms with van der Waals surface area (Å²) in [5, 5.41) is 5.81. The van der Waals surface area contributed by atoms with Crippen molar-refractivity contribution < 1.29 is 32.9 Å². The first kappa shape index (κ1) is 30.8. The van der Waals surface area contributed by atoms with Crippen molar-refractivity contribution in [2.24, 2.45) is 0 Å². The van der Waals surface area contributed by atoms with Crippen molar-refractivity contribution in [2.75, 3.05) is 33.4 Å². The van der Waals surface area contributed by atoms with E-state index in [2.05, 4.69) is 20.5 Å². The van der Waals surface area contributed by atoms with Crippen LogP contribution in [0.4, 0.5) is 4.39 Å². The number of carbonyl (C=O) groups excluding carboxylic acids is 2. The minimum atomic E-state index is -1.14. The molecule has 3 aliphatic heterocycles. The summed E-state index contributed by atoms with van der Waals surface area (Å²) in [4.78, 5) is 33.3. The van der Waals surface area contributed by atoms with Crippen molar-refractivity contribution >= 4 is 11.8 Å². The lowest BCUT2D eigenvalue weighted by Crippen LogP contribution is -2.57. The molecular formula is C35H35FN4O6. The number of ether oxygens (including phenoxy) is 4. The summed E-state index contributed by atoms with van der Waals surface area (Å²) in [6.07, 6.45) is 4.49. The molecule has 0 unspecified atom stereocenters. The van der Waals surface area contributed by atoms with Crippen LogP contribution in [0.2, 0.25) is 0 Å². The van der Waals surface area contributed by atoms with Gasteiger partial charge in [-0.2, -0.15) is 0 Å². The number of halogens is 1. The average molecular weight is 627 g/mol. The van der Waals surface area contributed by atoms with Gasteiger partial charge in [0.2, 0.25) is 0 Å². The number of hydrogen-bond donors (Lipinski definition) is 2. The number of likely N-dealkylation sites (tertiary alicyclic amines) is 1. The van der Waals surface area contributed by atoms with Crippen molar-refractivity contribution in [1.82, 2.24) is 20.5 Å². The topological polar surface area (TPSA) is 111 Å². The second kappa shape index (κ2) is 13.9. The van der Waals surface area contributed by atoms with Crippen molar-refractivity contribution in [3.63, 3.8) is 0 Å². The molecule has 10 nitrogen and oxygen atoms in total. The standard InChI is InChI=1S/C35H35FN4O6/c1-43-31-9-4-26-19-32(31)45-30-18-25(17-27(36)20-30)22-39-34(42)35(10-14-40(15-11-35)23-24-3-2-12-37-21-24)46-29-7-5-28(6-8-29)44-16-13-38-33(26)41/h2-9,12,17-21H,10-11,13-16,22-23H2,1H3,(H,38,41)(H,39,42). The quantitative estimate of drug-likeness (QED) is 0.332. The molecule has 1 aromatic heterocycles. The molecule has 1 fully saturated rings. The third kappa shape index (κ3) is 7.37. The van der Waals surface area contributed by atoms with Crippen molar-refractivity contribution in [2.45, 2.75) is 31.5 Å². The largest absolute Gasteiger partial charge is 0.493 e. The second-order valence-corrected chi connectivity index (χ2v) is 11.3. The van der Waals surface area contributed by atoms with E-state index in [1.807, 2.05) is 18.3 Å². The lowest BCUT2D eigenvalue weighted by Gasteiger charge is -2.40. The number of hydrogen-bond acceptors (Lipinski definition) is 8. The van der Waals surface area contributed by atoms with Gasteiger partial charge in [0.15, 0.2) is 17.1 Å². The number of pyridine rings is 1. The lowest BCUT2D eigenvalue weighted by molar-refractivity contribution is -0.141. The molecule has 0 atom stereocenters. The summed E-state index contributed by atoms with van der Waals surface area (Å²) >= 11 is 0. The number of benzene rings is 3. The van der Waals surface area contributed by atoms with Crippen LogP contribution in [-0.4, -0.2) is 60.7 Å². The molecule has 3 aliphatic rings. The minimum absolute atomic E-state index is 0.0455. The fourth-order valence-corrected chi connectivity index (χ4v) is 5.61. The fourth-order valence-electron chi connectivity index (χ4n) is 5.61. The van der Waals surface area contributed by atoms with E-state index in [0.29, 0.717) is 54.3 Å². The van der Waals surface area contributed by atoms with Gasteiger partial charge >= 0.3 is 0 Å². The third-order valence-corrected chi connectivity index (χ3v) is 8.04. The summed E-state index contributed by atoms with van der Waals surface area (Å²) in [6, 6.07) is 20.0. The zero-order valence-electron chi connectivity index (χ0n) is 25.5. The van der Waals surface area contributed by atoms with Crippen LogP contribution in [0.15, 0.2) is 85.2 Å². The number of carbonyl (C=O) groups is 2. The van der Waals surface area contributed by atoms with E-state index in [9.17, 15) is 14.0 Å². The molecule has 2 N–H and O–H groups in total. The Morgan fingerprint density at radius 2 is 1.76 bits per heavy atom. The van der Waals surface area contributed by atoms with Gasteiger partial charge in [-0.3, -0.25) is 19.5 Å². The minimum Gasteiger partial charge on any atom is -0.493 e. The van der Waals surface area contributed by atoms with Gasteiger partial charge in [0.25, 0.3) is 11.8 Å². The first-order valence-electron chi connectivity index (χ1n) is 15.1. The van der Waals surface area contributed by atoms with E-state index in [1.54, 1.807) is 48.7 Å². The summed E-state index contributed by atoms with van der Waals surface area (Å²) in [6.45, 7) is 2.52. The lowest BCUT2D eigenvalue weighted by atomic mass is 9.89. The number of rotatable bonds is 3. The molecule has 3 aromatic carbocycles. The molecule has 4 aromatic rings. The Balaban J connectivity index is 1.27. The Hall–Kier alpha value is -5.16. The van der Waals surface area contributed by atoms with E-state index in [0.717, 1.165) is 12.1 Å². The van der Waals surface area contributed by atoms with Gasteiger partial charge in [-0.15, -0.1) is 0 Å². The fraction of sp³-hybridized carbons (Fsp3) is 0.286. The molecule has 1 spiro atoms. The number of aromatic nitrogens is 1. The summed E-state index contributed by atoms with van der Waals surface area (Å²) < 4.78 is 38.5. The molecule has 7 rings (SSSR count). The highest BCUT2D eigenvalue weighted by atomic mass is 19.1. The van der Waals surface area contributed by atoms with Crippen LogP contribution in [0.5, 0.6) is 28.7 Å².